The predicted octanol–water partition coefficient (Wildman–Crippen LogP) is 2.08. The number of fused-ring (bicyclic) bond motifs is 1. The number of aromatic carboxylic acids is 1. The molecule has 14 heavy (non-hydrogen) atoms. The maximum Gasteiger partial charge on any atom is 0.336 e. The van der Waals surface area contributed by atoms with Crippen molar-refractivity contribution in [3.63, 3.8) is 0 Å². The number of hydrogen-bond acceptors (Lipinski definition) is 2. The van der Waals surface area contributed by atoms with Gasteiger partial charge < -0.3 is 5.11 Å². The first-order valence-corrected chi connectivity index (χ1v) is 4.49. The molecule has 1 aromatic rings. The molecular weight excluding hydrogens is 202 g/mol. The Kier molecular flexibility index (Phi) is 3.47. The van der Waals surface area contributed by atoms with Crippen LogP contribution in [0.15, 0.2) is 12.3 Å². The van der Waals surface area contributed by atoms with Gasteiger partial charge in [-0.1, -0.05) is 0 Å². The van der Waals surface area contributed by atoms with Gasteiger partial charge in [0.25, 0.3) is 0 Å². The number of carboxylic acid groups (broad SMARTS) is 1. The van der Waals surface area contributed by atoms with E-state index in [1.807, 2.05) is 0 Å². The molecule has 0 saturated heterocycles. The van der Waals surface area contributed by atoms with Crippen molar-refractivity contribution in [3.8, 4) is 0 Å². The Morgan fingerprint density at radius 2 is 2.07 bits per heavy atom. The predicted molar refractivity (Wildman–Crippen MR) is 55.1 cm³/mol. The standard InChI is InChI=1S/C10H11NO2.ClH/c12-10(13)8-5-6-11-9-4-2-1-3-7(8)9;/h5-6H,1-4H2,(H,12,13);1H. The largest absolute Gasteiger partial charge is 0.478 e. The second-order valence-electron chi connectivity index (χ2n) is 3.30. The van der Waals surface area contributed by atoms with E-state index in [0.29, 0.717) is 5.56 Å². The van der Waals surface area contributed by atoms with E-state index in [9.17, 15) is 4.79 Å². The zero-order valence-corrected chi connectivity index (χ0v) is 8.51. The van der Waals surface area contributed by atoms with Crippen LogP contribution in [0.4, 0.5) is 0 Å². The highest BCUT2D eigenvalue weighted by molar-refractivity contribution is 5.89. The van der Waals surface area contributed by atoms with E-state index < -0.39 is 5.97 Å². The Morgan fingerprint density at radius 3 is 2.79 bits per heavy atom. The Hall–Kier alpha value is -1.09. The molecule has 0 saturated carbocycles. The Morgan fingerprint density at radius 1 is 1.36 bits per heavy atom. The minimum Gasteiger partial charge on any atom is -0.478 e. The van der Waals surface area contributed by atoms with Crippen LogP contribution in [0, 0.1) is 0 Å². The van der Waals surface area contributed by atoms with Crippen LogP contribution in [0.25, 0.3) is 0 Å². The summed E-state index contributed by atoms with van der Waals surface area (Å²) in [6.45, 7) is 0. The fourth-order valence-electron chi connectivity index (χ4n) is 1.82. The smallest absolute Gasteiger partial charge is 0.336 e. The van der Waals surface area contributed by atoms with Gasteiger partial charge in [-0.2, -0.15) is 0 Å². The molecule has 0 amide bonds. The molecular formula is C10H12ClNO2. The SMILES string of the molecule is Cl.O=C(O)c1ccnc2c1CCCC2. The van der Waals surface area contributed by atoms with Gasteiger partial charge >= 0.3 is 5.97 Å². The number of rotatable bonds is 1. The number of nitrogens with zero attached hydrogens (tertiary/aromatic N) is 1. The van der Waals surface area contributed by atoms with Crippen molar-refractivity contribution < 1.29 is 9.90 Å². The van der Waals surface area contributed by atoms with Crippen LogP contribution >= 0.6 is 12.4 Å². The molecule has 1 aliphatic rings. The maximum atomic E-state index is 10.8. The number of carboxylic acids is 1. The zero-order chi connectivity index (χ0) is 9.26. The van der Waals surface area contributed by atoms with E-state index in [0.717, 1.165) is 36.9 Å². The summed E-state index contributed by atoms with van der Waals surface area (Å²) in [6.07, 6.45) is 5.59. The van der Waals surface area contributed by atoms with Crippen LogP contribution < -0.4 is 0 Å². The number of aromatic nitrogens is 1. The van der Waals surface area contributed by atoms with Gasteiger partial charge in [-0.05, 0) is 37.3 Å². The average molecular weight is 214 g/mol. The topological polar surface area (TPSA) is 50.2 Å². The van der Waals surface area contributed by atoms with Crippen LogP contribution in [0.3, 0.4) is 0 Å². The second kappa shape index (κ2) is 4.42. The van der Waals surface area contributed by atoms with Gasteiger partial charge in [0.15, 0.2) is 0 Å². The molecule has 0 unspecified atom stereocenters. The van der Waals surface area contributed by atoms with Gasteiger partial charge in [-0.3, -0.25) is 4.98 Å². The zero-order valence-electron chi connectivity index (χ0n) is 7.69. The third-order valence-corrected chi connectivity index (χ3v) is 2.47. The lowest BCUT2D eigenvalue weighted by Gasteiger charge is -2.15. The molecule has 2 rings (SSSR count). The van der Waals surface area contributed by atoms with Crippen molar-refractivity contribution in [3.05, 3.63) is 29.1 Å². The molecule has 0 bridgehead atoms. The van der Waals surface area contributed by atoms with Gasteiger partial charge in [-0.25, -0.2) is 4.79 Å². The molecule has 1 N–H and O–H groups in total. The molecule has 0 fully saturated rings. The number of hydrogen-bond donors (Lipinski definition) is 1. The van der Waals surface area contributed by atoms with Gasteiger partial charge in [0.1, 0.15) is 0 Å². The van der Waals surface area contributed by atoms with E-state index >= 15 is 0 Å². The van der Waals surface area contributed by atoms with Crippen molar-refractivity contribution in [1.29, 1.82) is 0 Å². The van der Waals surface area contributed by atoms with E-state index in [1.54, 1.807) is 12.3 Å². The molecule has 0 radical (unpaired) electrons. The van der Waals surface area contributed by atoms with Crippen LogP contribution in [0.5, 0.6) is 0 Å². The summed E-state index contributed by atoms with van der Waals surface area (Å²) in [5, 5.41) is 8.91. The molecule has 0 spiro atoms. The van der Waals surface area contributed by atoms with Crippen LogP contribution in [0.2, 0.25) is 0 Å². The monoisotopic (exact) mass is 213 g/mol. The van der Waals surface area contributed by atoms with E-state index in [-0.39, 0.29) is 12.4 Å². The fraction of sp³-hybridized carbons (Fsp3) is 0.400. The van der Waals surface area contributed by atoms with E-state index in [1.165, 1.54) is 0 Å². The first-order chi connectivity index (χ1) is 6.29. The molecule has 1 aliphatic carbocycles. The van der Waals surface area contributed by atoms with Crippen molar-refractivity contribution >= 4 is 18.4 Å². The van der Waals surface area contributed by atoms with Gasteiger partial charge in [-0.15, -0.1) is 12.4 Å². The second-order valence-corrected chi connectivity index (χ2v) is 3.30. The van der Waals surface area contributed by atoms with Crippen molar-refractivity contribution in [2.24, 2.45) is 0 Å². The first kappa shape index (κ1) is 11.0. The minimum atomic E-state index is -0.833. The number of halogens is 1. The summed E-state index contributed by atoms with van der Waals surface area (Å²) in [5.74, 6) is -0.833. The summed E-state index contributed by atoms with van der Waals surface area (Å²) in [7, 11) is 0. The van der Waals surface area contributed by atoms with Crippen molar-refractivity contribution in [1.82, 2.24) is 4.98 Å². The third-order valence-electron chi connectivity index (χ3n) is 2.47. The van der Waals surface area contributed by atoms with Gasteiger partial charge in [0.2, 0.25) is 0 Å². The highest BCUT2D eigenvalue weighted by atomic mass is 35.5. The summed E-state index contributed by atoms with van der Waals surface area (Å²) < 4.78 is 0. The van der Waals surface area contributed by atoms with Crippen LogP contribution in [0.1, 0.15) is 34.5 Å². The molecule has 76 valence electrons. The maximum absolute atomic E-state index is 10.8. The summed E-state index contributed by atoms with van der Waals surface area (Å²) in [5.41, 5.74) is 2.36. The lowest BCUT2D eigenvalue weighted by atomic mass is 9.92. The average Bonchev–Trinajstić information content (AvgIpc) is 2.17. The minimum absolute atomic E-state index is 0. The van der Waals surface area contributed by atoms with Crippen LogP contribution in [-0.4, -0.2) is 16.1 Å². The number of carbonyl (C=O) groups is 1. The lowest BCUT2D eigenvalue weighted by Crippen LogP contribution is -2.11. The quantitative estimate of drug-likeness (QED) is 0.777. The molecule has 0 aromatic carbocycles. The van der Waals surface area contributed by atoms with E-state index in [2.05, 4.69) is 4.98 Å². The summed E-state index contributed by atoms with van der Waals surface area (Å²) in [6, 6.07) is 1.59. The fourth-order valence-corrected chi connectivity index (χ4v) is 1.82. The lowest BCUT2D eigenvalue weighted by molar-refractivity contribution is 0.0695. The summed E-state index contributed by atoms with van der Waals surface area (Å²) in [4.78, 5) is 15.0. The normalized spacial score (nSPS) is 14.0. The van der Waals surface area contributed by atoms with Crippen LogP contribution in [-0.2, 0) is 12.8 Å². The van der Waals surface area contributed by atoms with E-state index in [4.69, 9.17) is 5.11 Å². The molecule has 0 aliphatic heterocycles. The molecule has 0 atom stereocenters. The highest BCUT2D eigenvalue weighted by Gasteiger charge is 2.17. The molecule has 4 heteroatoms. The number of pyridine rings is 1. The molecule has 1 aromatic heterocycles. The number of aryl methyl sites for hydroxylation is 1. The molecule has 3 nitrogen and oxygen atoms in total. The van der Waals surface area contributed by atoms with Crippen molar-refractivity contribution in [2.75, 3.05) is 0 Å². The third kappa shape index (κ3) is 1.87. The van der Waals surface area contributed by atoms with Gasteiger partial charge in [0, 0.05) is 11.9 Å². The molecule has 1 heterocycles. The van der Waals surface area contributed by atoms with Gasteiger partial charge in [0.05, 0.1) is 5.56 Å². The van der Waals surface area contributed by atoms with Crippen molar-refractivity contribution in [2.45, 2.75) is 25.7 Å². The Labute approximate surface area is 88.6 Å². The Balaban J connectivity index is 0.000000980. The first-order valence-electron chi connectivity index (χ1n) is 4.49. The highest BCUT2D eigenvalue weighted by Crippen LogP contribution is 2.22. The summed E-state index contributed by atoms with van der Waals surface area (Å²) >= 11 is 0. The Bertz CT molecular complexity index is 352.